The van der Waals surface area contributed by atoms with E-state index >= 15 is 0 Å². The number of nitrogens with one attached hydrogen (secondary N) is 1. The number of nitrogens with zero attached hydrogens (tertiary/aromatic N) is 4. The number of aryl methyl sites for hydroxylation is 1. The summed E-state index contributed by atoms with van der Waals surface area (Å²) in [6, 6.07) is 18.1. The number of hydrogen-bond acceptors (Lipinski definition) is 5. The molecule has 3 atom stereocenters. The molecule has 2 aromatic carbocycles. The number of allylic oxidation sites excluding steroid dienone is 3. The molecule has 2 amide bonds. The van der Waals surface area contributed by atoms with Gasteiger partial charge in [-0.1, -0.05) is 72.3 Å². The summed E-state index contributed by atoms with van der Waals surface area (Å²) in [6.07, 6.45) is 7.23. The highest BCUT2D eigenvalue weighted by molar-refractivity contribution is 6.21. The molecular weight excluding hydrogens is 414 g/mol. The molecule has 1 fully saturated rings. The minimum Gasteiger partial charge on any atom is -0.324 e. The van der Waals surface area contributed by atoms with Crippen LogP contribution in [0.2, 0.25) is 0 Å². The Morgan fingerprint density at radius 2 is 1.58 bits per heavy atom. The molecule has 0 spiro atoms. The predicted octanol–water partition coefficient (Wildman–Crippen LogP) is 4.10. The van der Waals surface area contributed by atoms with Crippen LogP contribution in [0.25, 0.3) is 5.70 Å². The van der Waals surface area contributed by atoms with Gasteiger partial charge in [0.05, 0.1) is 11.8 Å². The molecule has 2 aliphatic heterocycles. The van der Waals surface area contributed by atoms with Crippen molar-refractivity contribution < 1.29 is 9.59 Å². The molecular formula is C26H23N5O2. The lowest BCUT2D eigenvalue weighted by molar-refractivity contribution is -0.122. The molecule has 0 saturated carbocycles. The zero-order valence-corrected chi connectivity index (χ0v) is 18.2. The molecule has 6 rings (SSSR count). The van der Waals surface area contributed by atoms with Crippen molar-refractivity contribution >= 4 is 29.4 Å². The van der Waals surface area contributed by atoms with E-state index in [4.69, 9.17) is 0 Å². The van der Waals surface area contributed by atoms with Crippen LogP contribution in [0.4, 0.5) is 11.9 Å². The smallest absolute Gasteiger partial charge is 0.260 e. The van der Waals surface area contributed by atoms with Gasteiger partial charge in [0.15, 0.2) is 0 Å². The highest BCUT2D eigenvalue weighted by Gasteiger charge is 2.49. The van der Waals surface area contributed by atoms with E-state index in [0.29, 0.717) is 18.8 Å². The van der Waals surface area contributed by atoms with Crippen LogP contribution in [0.1, 0.15) is 35.6 Å². The standard InChI is InChI=1S/C26H23N5O2/c1-16-11-13-18(14-12-16)22-15-21(17-7-3-2-4-8-17)27-25-28-26(29-31(22)25)30-23(32)19-9-5-6-10-20(19)24(30)33/h2-8,11-15,19-20,22H,9-10H2,1H3,(H,27,28,29)/t19-,20-,22-/m0/s1. The summed E-state index contributed by atoms with van der Waals surface area (Å²) in [5, 5.41) is 8.01. The van der Waals surface area contributed by atoms with Gasteiger partial charge < -0.3 is 5.32 Å². The van der Waals surface area contributed by atoms with E-state index in [-0.39, 0.29) is 35.6 Å². The molecule has 1 N–H and O–H groups in total. The first-order chi connectivity index (χ1) is 16.1. The van der Waals surface area contributed by atoms with Crippen LogP contribution in [-0.2, 0) is 9.59 Å². The third-order valence-corrected chi connectivity index (χ3v) is 6.67. The number of hydrogen-bond donors (Lipinski definition) is 1. The van der Waals surface area contributed by atoms with Crippen LogP contribution < -0.4 is 10.2 Å². The summed E-state index contributed by atoms with van der Waals surface area (Å²) >= 11 is 0. The SMILES string of the molecule is Cc1ccc([C@@H]2C=C(c3ccccc3)Nc3nc(N4C(=O)[C@H]5CC=CC[C@@H]5C4=O)nn32)cc1. The van der Waals surface area contributed by atoms with Crippen molar-refractivity contribution in [1.29, 1.82) is 0 Å². The Morgan fingerprint density at radius 3 is 2.24 bits per heavy atom. The van der Waals surface area contributed by atoms with Gasteiger partial charge in [0.25, 0.3) is 5.95 Å². The van der Waals surface area contributed by atoms with Crippen LogP contribution in [0.15, 0.2) is 72.8 Å². The average molecular weight is 438 g/mol. The topological polar surface area (TPSA) is 80.1 Å². The van der Waals surface area contributed by atoms with E-state index in [1.807, 2.05) is 42.5 Å². The number of carbonyl (C=O) groups excluding carboxylic acids is 2. The van der Waals surface area contributed by atoms with Gasteiger partial charge in [-0.25, -0.2) is 9.58 Å². The lowest BCUT2D eigenvalue weighted by atomic mass is 9.85. The lowest BCUT2D eigenvalue weighted by Gasteiger charge is -2.24. The third kappa shape index (κ3) is 3.19. The molecule has 3 heterocycles. The molecule has 3 aromatic rings. The van der Waals surface area contributed by atoms with Crippen molar-refractivity contribution in [1.82, 2.24) is 14.8 Å². The first-order valence-electron chi connectivity index (χ1n) is 11.2. The van der Waals surface area contributed by atoms with Crippen molar-refractivity contribution in [2.75, 3.05) is 10.2 Å². The third-order valence-electron chi connectivity index (χ3n) is 6.67. The van der Waals surface area contributed by atoms with Gasteiger partial charge in [0.1, 0.15) is 6.04 Å². The summed E-state index contributed by atoms with van der Waals surface area (Å²) in [5.74, 6) is -0.406. The number of carbonyl (C=O) groups is 2. The maximum atomic E-state index is 13.1. The molecule has 164 valence electrons. The van der Waals surface area contributed by atoms with Gasteiger partial charge in [-0.3, -0.25) is 9.59 Å². The van der Waals surface area contributed by atoms with Crippen molar-refractivity contribution in [3.63, 3.8) is 0 Å². The lowest BCUT2D eigenvalue weighted by Crippen LogP contribution is -2.32. The van der Waals surface area contributed by atoms with E-state index in [9.17, 15) is 9.59 Å². The van der Waals surface area contributed by atoms with E-state index in [2.05, 4.69) is 52.7 Å². The summed E-state index contributed by atoms with van der Waals surface area (Å²) < 4.78 is 1.76. The normalized spacial score (nSPS) is 23.7. The van der Waals surface area contributed by atoms with E-state index < -0.39 is 0 Å². The molecule has 7 heteroatoms. The minimum absolute atomic E-state index is 0.140. The minimum atomic E-state index is -0.318. The Balaban J connectivity index is 1.43. The summed E-state index contributed by atoms with van der Waals surface area (Å²) in [7, 11) is 0. The van der Waals surface area contributed by atoms with Gasteiger partial charge in [0.2, 0.25) is 17.8 Å². The van der Waals surface area contributed by atoms with Gasteiger partial charge in [-0.15, -0.1) is 5.10 Å². The molecule has 1 aliphatic carbocycles. The summed E-state index contributed by atoms with van der Waals surface area (Å²) in [5.41, 5.74) is 4.15. The second kappa shape index (κ2) is 7.55. The number of anilines is 2. The zero-order chi connectivity index (χ0) is 22.5. The number of benzene rings is 2. The summed E-state index contributed by atoms with van der Waals surface area (Å²) in [6.45, 7) is 2.05. The maximum absolute atomic E-state index is 13.1. The van der Waals surface area contributed by atoms with Crippen molar-refractivity contribution in [3.05, 3.63) is 89.5 Å². The Kier molecular flexibility index (Phi) is 4.50. The van der Waals surface area contributed by atoms with E-state index in [1.165, 1.54) is 10.5 Å². The second-order valence-corrected chi connectivity index (χ2v) is 8.77. The van der Waals surface area contributed by atoms with Crippen LogP contribution in [0.3, 0.4) is 0 Å². The number of rotatable bonds is 3. The first-order valence-corrected chi connectivity index (χ1v) is 11.2. The highest BCUT2D eigenvalue weighted by atomic mass is 16.2. The molecule has 1 saturated heterocycles. The van der Waals surface area contributed by atoms with Crippen molar-refractivity contribution in [2.45, 2.75) is 25.8 Å². The maximum Gasteiger partial charge on any atom is 0.260 e. The van der Waals surface area contributed by atoms with Gasteiger partial charge >= 0.3 is 0 Å². The Labute approximate surface area is 191 Å². The number of amides is 2. The predicted molar refractivity (Wildman–Crippen MR) is 125 cm³/mol. The Bertz CT molecular complexity index is 1280. The number of aromatic nitrogens is 3. The van der Waals surface area contributed by atoms with Crippen molar-refractivity contribution in [2.24, 2.45) is 11.8 Å². The highest BCUT2D eigenvalue weighted by Crippen LogP contribution is 2.39. The summed E-state index contributed by atoms with van der Waals surface area (Å²) in [4.78, 5) is 32.0. The molecule has 0 bridgehead atoms. The van der Waals surface area contributed by atoms with Crippen LogP contribution in [-0.4, -0.2) is 26.6 Å². The Morgan fingerprint density at radius 1 is 0.909 bits per heavy atom. The van der Waals surface area contributed by atoms with Gasteiger partial charge in [0, 0.05) is 5.70 Å². The largest absolute Gasteiger partial charge is 0.324 e. The van der Waals surface area contributed by atoms with E-state index in [0.717, 1.165) is 16.8 Å². The van der Waals surface area contributed by atoms with Gasteiger partial charge in [-0.05, 0) is 37.0 Å². The monoisotopic (exact) mass is 437 g/mol. The molecule has 0 radical (unpaired) electrons. The van der Waals surface area contributed by atoms with Gasteiger partial charge in [-0.2, -0.15) is 4.98 Å². The fourth-order valence-corrected chi connectivity index (χ4v) is 4.86. The van der Waals surface area contributed by atoms with Crippen LogP contribution >= 0.6 is 0 Å². The van der Waals surface area contributed by atoms with E-state index in [1.54, 1.807) is 4.68 Å². The quantitative estimate of drug-likeness (QED) is 0.493. The molecule has 33 heavy (non-hydrogen) atoms. The Hall–Kier alpha value is -4.00. The van der Waals surface area contributed by atoms with Crippen LogP contribution in [0.5, 0.6) is 0 Å². The average Bonchev–Trinajstić information content (AvgIpc) is 3.38. The van der Waals surface area contributed by atoms with Crippen LogP contribution in [0, 0.1) is 18.8 Å². The van der Waals surface area contributed by atoms with Crippen molar-refractivity contribution in [3.8, 4) is 0 Å². The molecule has 7 nitrogen and oxygen atoms in total. The molecule has 1 aromatic heterocycles. The molecule has 0 unspecified atom stereocenters. The molecule has 3 aliphatic rings. The number of fused-ring (bicyclic) bond motifs is 2. The first kappa shape index (κ1) is 19.7. The second-order valence-electron chi connectivity index (χ2n) is 8.77. The fraction of sp³-hybridized carbons (Fsp3) is 0.231. The zero-order valence-electron chi connectivity index (χ0n) is 18.2. The number of imide groups is 1. The fourth-order valence-electron chi connectivity index (χ4n) is 4.86.